The lowest BCUT2D eigenvalue weighted by Crippen LogP contribution is -2.36. The van der Waals surface area contributed by atoms with Crippen LogP contribution in [0.4, 0.5) is 5.13 Å². The quantitative estimate of drug-likeness (QED) is 0.869. The van der Waals surface area contributed by atoms with Gasteiger partial charge in [0.1, 0.15) is 0 Å². The first-order valence-corrected chi connectivity index (χ1v) is 7.11. The number of aromatic nitrogens is 1. The summed E-state index contributed by atoms with van der Waals surface area (Å²) in [4.78, 5) is 6.96. The molecule has 1 fully saturated rings. The van der Waals surface area contributed by atoms with E-state index in [2.05, 4.69) is 34.4 Å². The van der Waals surface area contributed by atoms with Crippen LogP contribution in [0.25, 0.3) is 0 Å². The third-order valence-electron chi connectivity index (χ3n) is 2.68. The van der Waals surface area contributed by atoms with Crippen molar-refractivity contribution in [3.05, 3.63) is 11.1 Å². The van der Waals surface area contributed by atoms with Crippen LogP contribution in [-0.4, -0.2) is 37.8 Å². The minimum Gasteiger partial charge on any atom is -0.378 e. The molecule has 1 aliphatic heterocycles. The summed E-state index contributed by atoms with van der Waals surface area (Å²) < 4.78 is 5.34. The Morgan fingerprint density at radius 1 is 1.47 bits per heavy atom. The van der Waals surface area contributed by atoms with Crippen molar-refractivity contribution in [2.24, 2.45) is 5.92 Å². The molecule has 96 valence electrons. The molecule has 1 aliphatic rings. The van der Waals surface area contributed by atoms with Gasteiger partial charge in [-0.2, -0.15) is 0 Å². The maximum atomic E-state index is 5.34. The molecule has 0 bridgehead atoms. The molecule has 0 aliphatic carbocycles. The van der Waals surface area contributed by atoms with E-state index in [1.165, 1.54) is 0 Å². The highest BCUT2D eigenvalue weighted by molar-refractivity contribution is 7.13. The molecule has 2 rings (SSSR count). The summed E-state index contributed by atoms with van der Waals surface area (Å²) in [6, 6.07) is 0. The smallest absolute Gasteiger partial charge is 0.185 e. The number of rotatable bonds is 5. The van der Waals surface area contributed by atoms with Crippen LogP contribution in [-0.2, 0) is 11.3 Å². The van der Waals surface area contributed by atoms with Gasteiger partial charge in [0.15, 0.2) is 5.13 Å². The first kappa shape index (κ1) is 12.8. The summed E-state index contributed by atoms with van der Waals surface area (Å²) in [7, 11) is 0. The molecular weight excluding hydrogens is 234 g/mol. The second-order valence-electron chi connectivity index (χ2n) is 4.75. The number of nitrogens with zero attached hydrogens (tertiary/aromatic N) is 2. The number of nitrogens with one attached hydrogen (secondary N) is 1. The molecule has 0 saturated carbocycles. The summed E-state index contributed by atoms with van der Waals surface area (Å²) >= 11 is 1.73. The predicted molar refractivity (Wildman–Crippen MR) is 71.7 cm³/mol. The lowest BCUT2D eigenvalue weighted by molar-refractivity contribution is 0.122. The largest absolute Gasteiger partial charge is 0.378 e. The number of thiazole rings is 1. The van der Waals surface area contributed by atoms with Gasteiger partial charge in [-0.05, 0) is 12.5 Å². The van der Waals surface area contributed by atoms with E-state index >= 15 is 0 Å². The van der Waals surface area contributed by atoms with Crippen LogP contribution in [0.2, 0.25) is 0 Å². The number of anilines is 1. The normalized spacial score (nSPS) is 16.8. The highest BCUT2D eigenvalue weighted by Crippen LogP contribution is 2.21. The van der Waals surface area contributed by atoms with Crippen LogP contribution in [0.3, 0.4) is 0 Å². The zero-order valence-electron chi connectivity index (χ0n) is 10.6. The molecule has 1 saturated heterocycles. The lowest BCUT2D eigenvalue weighted by Gasteiger charge is -2.26. The van der Waals surface area contributed by atoms with Gasteiger partial charge in [-0.15, -0.1) is 11.3 Å². The van der Waals surface area contributed by atoms with Gasteiger partial charge in [0.25, 0.3) is 0 Å². The molecule has 1 aromatic rings. The highest BCUT2D eigenvalue weighted by atomic mass is 32.1. The van der Waals surface area contributed by atoms with Gasteiger partial charge in [-0.1, -0.05) is 13.8 Å². The van der Waals surface area contributed by atoms with Gasteiger partial charge in [0.05, 0.1) is 18.9 Å². The first-order valence-electron chi connectivity index (χ1n) is 6.23. The Kier molecular flexibility index (Phi) is 4.76. The summed E-state index contributed by atoms with van der Waals surface area (Å²) in [5.41, 5.74) is 1.15. The molecule has 5 heteroatoms. The van der Waals surface area contributed by atoms with Crippen LogP contribution in [0.5, 0.6) is 0 Å². The maximum absolute atomic E-state index is 5.34. The molecule has 4 nitrogen and oxygen atoms in total. The molecule has 0 unspecified atom stereocenters. The predicted octanol–water partition coefficient (Wildman–Crippen LogP) is 1.73. The zero-order valence-corrected chi connectivity index (χ0v) is 11.4. The van der Waals surface area contributed by atoms with Crippen molar-refractivity contribution in [1.29, 1.82) is 0 Å². The van der Waals surface area contributed by atoms with E-state index in [1.807, 2.05) is 0 Å². The van der Waals surface area contributed by atoms with Crippen molar-refractivity contribution in [2.45, 2.75) is 20.4 Å². The molecule has 0 atom stereocenters. The summed E-state index contributed by atoms with van der Waals surface area (Å²) in [5.74, 6) is 0.687. The van der Waals surface area contributed by atoms with E-state index in [1.54, 1.807) is 11.3 Å². The Hall–Kier alpha value is -0.650. The van der Waals surface area contributed by atoms with Crippen LogP contribution < -0.4 is 10.2 Å². The standard InChI is InChI=1S/C12H21N3OS/c1-10(2)7-13-8-11-9-17-12(14-11)15-3-5-16-6-4-15/h9-10,13H,3-8H2,1-2H3. The van der Waals surface area contributed by atoms with Gasteiger partial charge in [0.2, 0.25) is 0 Å². The SMILES string of the molecule is CC(C)CNCc1csc(N2CCOCC2)n1. The van der Waals surface area contributed by atoms with Crippen LogP contribution in [0.15, 0.2) is 5.38 Å². The van der Waals surface area contributed by atoms with Gasteiger partial charge < -0.3 is 15.0 Å². The third-order valence-corrected chi connectivity index (χ3v) is 3.63. The number of hydrogen-bond donors (Lipinski definition) is 1. The molecule has 17 heavy (non-hydrogen) atoms. The lowest BCUT2D eigenvalue weighted by atomic mass is 10.2. The van der Waals surface area contributed by atoms with Crippen LogP contribution in [0.1, 0.15) is 19.5 Å². The Balaban J connectivity index is 1.82. The first-order chi connectivity index (χ1) is 8.25. The van der Waals surface area contributed by atoms with E-state index in [9.17, 15) is 0 Å². The Morgan fingerprint density at radius 2 is 2.24 bits per heavy atom. The van der Waals surface area contributed by atoms with Crippen molar-refractivity contribution in [3.8, 4) is 0 Å². The molecule has 1 aromatic heterocycles. The van der Waals surface area contributed by atoms with Gasteiger partial charge in [0, 0.05) is 25.0 Å². The third kappa shape index (κ3) is 3.94. The minimum absolute atomic E-state index is 0.687. The average Bonchev–Trinajstić information content (AvgIpc) is 2.78. The summed E-state index contributed by atoms with van der Waals surface area (Å²) in [5, 5.41) is 6.70. The molecule has 2 heterocycles. The molecular formula is C12H21N3OS. The van der Waals surface area contributed by atoms with Gasteiger partial charge >= 0.3 is 0 Å². The summed E-state index contributed by atoms with van der Waals surface area (Å²) in [6.45, 7) is 9.92. The van der Waals surface area contributed by atoms with Crippen molar-refractivity contribution in [1.82, 2.24) is 10.3 Å². The highest BCUT2D eigenvalue weighted by Gasteiger charge is 2.14. The van der Waals surface area contributed by atoms with E-state index in [0.29, 0.717) is 5.92 Å². The number of ether oxygens (including phenoxy) is 1. The zero-order chi connectivity index (χ0) is 12.1. The monoisotopic (exact) mass is 255 g/mol. The second kappa shape index (κ2) is 6.33. The molecule has 0 aromatic carbocycles. The van der Waals surface area contributed by atoms with Crippen LogP contribution in [0, 0.1) is 5.92 Å². The van der Waals surface area contributed by atoms with Crippen molar-refractivity contribution >= 4 is 16.5 Å². The van der Waals surface area contributed by atoms with Gasteiger partial charge in [-0.3, -0.25) is 0 Å². The number of hydrogen-bond acceptors (Lipinski definition) is 5. The maximum Gasteiger partial charge on any atom is 0.185 e. The average molecular weight is 255 g/mol. The van der Waals surface area contributed by atoms with E-state index < -0.39 is 0 Å². The topological polar surface area (TPSA) is 37.4 Å². The van der Waals surface area contributed by atoms with Crippen molar-refractivity contribution < 1.29 is 4.74 Å². The van der Waals surface area contributed by atoms with Gasteiger partial charge in [-0.25, -0.2) is 4.98 Å². The van der Waals surface area contributed by atoms with Crippen molar-refractivity contribution in [3.63, 3.8) is 0 Å². The van der Waals surface area contributed by atoms with Crippen molar-refractivity contribution in [2.75, 3.05) is 37.7 Å². The fraction of sp³-hybridized carbons (Fsp3) is 0.750. The fourth-order valence-electron chi connectivity index (χ4n) is 1.77. The van der Waals surface area contributed by atoms with Crippen LogP contribution >= 0.6 is 11.3 Å². The molecule has 1 N–H and O–H groups in total. The molecule has 0 radical (unpaired) electrons. The summed E-state index contributed by atoms with van der Waals surface area (Å²) in [6.07, 6.45) is 0. The fourth-order valence-corrected chi connectivity index (χ4v) is 2.65. The Bertz CT molecular complexity index is 334. The van der Waals surface area contributed by atoms with E-state index in [-0.39, 0.29) is 0 Å². The Morgan fingerprint density at radius 3 is 2.94 bits per heavy atom. The van der Waals surface area contributed by atoms with E-state index in [0.717, 1.165) is 50.2 Å². The second-order valence-corrected chi connectivity index (χ2v) is 5.58. The molecule has 0 amide bonds. The number of morpholine rings is 1. The van der Waals surface area contributed by atoms with E-state index in [4.69, 9.17) is 4.74 Å². The molecule has 0 spiro atoms. The Labute approximate surface area is 107 Å². The minimum atomic E-state index is 0.687.